The monoisotopic (exact) mass is 326 g/mol. The lowest BCUT2D eigenvalue weighted by molar-refractivity contribution is 0.0849. The van der Waals surface area contributed by atoms with Gasteiger partial charge in [0.25, 0.3) is 0 Å². The Balaban J connectivity index is 2.04. The molecule has 0 unspecified atom stereocenters. The number of pyridine rings is 1. The zero-order chi connectivity index (χ0) is 17.3. The first-order chi connectivity index (χ1) is 11.5. The van der Waals surface area contributed by atoms with Crippen LogP contribution in [0.3, 0.4) is 0 Å². The summed E-state index contributed by atoms with van der Waals surface area (Å²) in [5.41, 5.74) is 3.32. The van der Waals surface area contributed by atoms with Crippen LogP contribution in [0.2, 0.25) is 0 Å². The highest BCUT2D eigenvalue weighted by Crippen LogP contribution is 2.32. The molecule has 3 heterocycles. The van der Waals surface area contributed by atoms with E-state index in [0.717, 1.165) is 42.7 Å². The van der Waals surface area contributed by atoms with Gasteiger partial charge in [-0.25, -0.2) is 0 Å². The van der Waals surface area contributed by atoms with Crippen molar-refractivity contribution in [1.29, 1.82) is 0 Å². The molecule has 0 aromatic carbocycles. The van der Waals surface area contributed by atoms with Crippen LogP contribution >= 0.6 is 0 Å². The van der Waals surface area contributed by atoms with Crippen LogP contribution in [0.4, 0.5) is 11.5 Å². The van der Waals surface area contributed by atoms with Crippen molar-refractivity contribution in [3.63, 3.8) is 0 Å². The van der Waals surface area contributed by atoms with Gasteiger partial charge < -0.3 is 9.88 Å². The van der Waals surface area contributed by atoms with Gasteiger partial charge in [0.1, 0.15) is 11.3 Å². The van der Waals surface area contributed by atoms with Crippen LogP contribution < -0.4 is 10.4 Å². The number of aromatic amines is 1. The van der Waals surface area contributed by atoms with Crippen LogP contribution in [0.25, 0.3) is 0 Å². The second kappa shape index (κ2) is 6.47. The number of hydrogen-bond donors (Lipinski definition) is 1. The third kappa shape index (κ3) is 2.79. The highest BCUT2D eigenvalue weighted by Gasteiger charge is 2.22. The number of fused-ring (bicyclic) bond motifs is 1. The number of H-pyrrole nitrogens is 1. The van der Waals surface area contributed by atoms with Crippen molar-refractivity contribution in [1.82, 2.24) is 9.55 Å². The minimum absolute atomic E-state index is 0.0181. The van der Waals surface area contributed by atoms with Crippen molar-refractivity contribution in [2.24, 2.45) is 10.9 Å². The second-order valence-electron chi connectivity index (χ2n) is 6.30. The number of nitrogens with zero attached hydrogens (tertiary/aromatic N) is 3. The molecule has 0 spiro atoms. The lowest BCUT2D eigenvalue weighted by atomic mass is 10.1. The molecule has 0 aliphatic carbocycles. The molecule has 3 rings (SSSR count). The molecule has 6 nitrogen and oxygen atoms in total. The van der Waals surface area contributed by atoms with E-state index in [9.17, 15) is 9.59 Å². The Hall–Kier alpha value is -2.63. The molecule has 0 saturated heterocycles. The zero-order valence-corrected chi connectivity index (χ0v) is 14.2. The maximum Gasteiger partial charge on any atom is 0.234 e. The number of aryl methyl sites for hydroxylation is 1. The average molecular weight is 326 g/mol. The maximum atomic E-state index is 12.3. The van der Waals surface area contributed by atoms with Crippen LogP contribution in [0, 0.1) is 5.92 Å². The number of aromatic nitrogens is 2. The topological polar surface area (TPSA) is 70.5 Å². The van der Waals surface area contributed by atoms with Gasteiger partial charge in [-0.15, -0.1) is 0 Å². The van der Waals surface area contributed by atoms with E-state index in [2.05, 4.69) is 14.9 Å². The Morgan fingerprint density at radius 1 is 1.38 bits per heavy atom. The number of carbonyl (C=O) groups is 2. The molecule has 0 radical (unpaired) electrons. The number of carbonyl (C=O) groups excluding carboxylic acids is 2. The van der Waals surface area contributed by atoms with E-state index in [4.69, 9.17) is 0 Å². The zero-order valence-electron chi connectivity index (χ0n) is 14.2. The van der Waals surface area contributed by atoms with E-state index < -0.39 is 0 Å². The Morgan fingerprint density at radius 2 is 2.17 bits per heavy atom. The predicted molar refractivity (Wildman–Crippen MR) is 92.9 cm³/mol. The van der Waals surface area contributed by atoms with Gasteiger partial charge in [-0.1, -0.05) is 13.8 Å². The first kappa shape index (κ1) is 16.2. The molecule has 0 saturated carbocycles. The SMILES string of the molecule is C/N=c1/cc(N2CCCc3cc(C=O)[nH]c32)ccn1C(=O)C(C)C. The molecule has 1 aliphatic heterocycles. The van der Waals surface area contributed by atoms with Crippen molar-refractivity contribution < 1.29 is 9.59 Å². The number of rotatable bonds is 3. The molecular weight excluding hydrogens is 304 g/mol. The summed E-state index contributed by atoms with van der Waals surface area (Å²) < 4.78 is 1.59. The van der Waals surface area contributed by atoms with Gasteiger partial charge in [-0.2, -0.15) is 0 Å². The first-order valence-corrected chi connectivity index (χ1v) is 8.19. The summed E-state index contributed by atoms with van der Waals surface area (Å²) in [4.78, 5) is 32.9. The van der Waals surface area contributed by atoms with Crippen LogP contribution in [-0.4, -0.2) is 35.3 Å². The highest BCUT2D eigenvalue weighted by molar-refractivity contribution is 5.81. The van der Waals surface area contributed by atoms with Gasteiger partial charge in [0.15, 0.2) is 6.29 Å². The number of nitrogens with one attached hydrogen (secondary N) is 1. The molecule has 0 bridgehead atoms. The van der Waals surface area contributed by atoms with Gasteiger partial charge in [-0.3, -0.25) is 19.1 Å². The minimum Gasteiger partial charge on any atom is -0.339 e. The van der Waals surface area contributed by atoms with Crippen LogP contribution in [0.1, 0.15) is 41.1 Å². The normalized spacial score (nSPS) is 14.8. The summed E-state index contributed by atoms with van der Waals surface area (Å²) in [5.74, 6) is 0.879. The summed E-state index contributed by atoms with van der Waals surface area (Å²) in [6.07, 6.45) is 4.59. The summed E-state index contributed by atoms with van der Waals surface area (Å²) in [6.45, 7) is 4.61. The van der Waals surface area contributed by atoms with Gasteiger partial charge in [0.05, 0.1) is 5.69 Å². The average Bonchev–Trinajstić information content (AvgIpc) is 3.03. The summed E-state index contributed by atoms with van der Waals surface area (Å²) in [7, 11) is 1.68. The molecule has 2 aromatic heterocycles. The molecule has 126 valence electrons. The lowest BCUT2D eigenvalue weighted by Gasteiger charge is -2.29. The van der Waals surface area contributed by atoms with Crippen LogP contribution in [-0.2, 0) is 6.42 Å². The lowest BCUT2D eigenvalue weighted by Crippen LogP contribution is -2.32. The smallest absolute Gasteiger partial charge is 0.234 e. The van der Waals surface area contributed by atoms with Crippen molar-refractivity contribution in [2.45, 2.75) is 26.7 Å². The van der Waals surface area contributed by atoms with E-state index in [0.29, 0.717) is 11.2 Å². The Bertz CT molecular complexity index is 845. The van der Waals surface area contributed by atoms with E-state index >= 15 is 0 Å². The maximum absolute atomic E-state index is 12.3. The summed E-state index contributed by atoms with van der Waals surface area (Å²) in [5, 5.41) is 0. The fourth-order valence-corrected chi connectivity index (χ4v) is 3.08. The fourth-order valence-electron chi connectivity index (χ4n) is 3.08. The number of hydrogen-bond acceptors (Lipinski definition) is 4. The third-order valence-corrected chi connectivity index (χ3v) is 4.31. The van der Waals surface area contributed by atoms with Crippen molar-refractivity contribution >= 4 is 23.7 Å². The molecular formula is C18H22N4O2. The van der Waals surface area contributed by atoms with Crippen molar-refractivity contribution in [3.8, 4) is 0 Å². The fraction of sp³-hybridized carbons (Fsp3) is 0.389. The quantitative estimate of drug-likeness (QED) is 0.881. The van der Waals surface area contributed by atoms with Gasteiger partial charge in [-0.05, 0) is 30.5 Å². The van der Waals surface area contributed by atoms with E-state index in [1.54, 1.807) is 17.8 Å². The van der Waals surface area contributed by atoms with E-state index in [-0.39, 0.29) is 11.8 Å². The van der Waals surface area contributed by atoms with Gasteiger partial charge in [0.2, 0.25) is 5.91 Å². The molecule has 1 N–H and O–H groups in total. The Morgan fingerprint density at radius 3 is 2.83 bits per heavy atom. The molecule has 6 heteroatoms. The Labute approximate surface area is 140 Å². The molecule has 0 atom stereocenters. The largest absolute Gasteiger partial charge is 0.339 e. The van der Waals surface area contributed by atoms with Gasteiger partial charge in [0, 0.05) is 37.5 Å². The minimum atomic E-state index is -0.0958. The number of anilines is 2. The number of aldehydes is 1. The second-order valence-corrected chi connectivity index (χ2v) is 6.30. The molecule has 24 heavy (non-hydrogen) atoms. The predicted octanol–water partition coefficient (Wildman–Crippen LogP) is 2.54. The van der Waals surface area contributed by atoms with Gasteiger partial charge >= 0.3 is 0 Å². The van der Waals surface area contributed by atoms with E-state index in [1.807, 2.05) is 32.0 Å². The third-order valence-electron chi connectivity index (χ3n) is 4.31. The molecule has 1 aliphatic rings. The highest BCUT2D eigenvalue weighted by atomic mass is 16.2. The first-order valence-electron chi connectivity index (χ1n) is 8.19. The van der Waals surface area contributed by atoms with E-state index in [1.165, 1.54) is 0 Å². The molecule has 2 aromatic rings. The standard InChI is InChI=1S/C18H22N4O2/c1-12(2)18(24)22-8-6-15(10-16(22)19-3)21-7-4-5-13-9-14(11-23)20-17(13)21/h6,8-12,20H,4-5,7H2,1-3H3/b19-16-. The van der Waals surface area contributed by atoms with Crippen LogP contribution in [0.5, 0.6) is 0 Å². The summed E-state index contributed by atoms with van der Waals surface area (Å²) in [6, 6.07) is 5.74. The summed E-state index contributed by atoms with van der Waals surface area (Å²) >= 11 is 0. The molecule has 0 fully saturated rings. The Kier molecular flexibility index (Phi) is 4.38. The van der Waals surface area contributed by atoms with Crippen molar-refractivity contribution in [3.05, 3.63) is 41.1 Å². The van der Waals surface area contributed by atoms with Crippen molar-refractivity contribution in [2.75, 3.05) is 18.5 Å². The molecule has 0 amide bonds. The van der Waals surface area contributed by atoms with Crippen LogP contribution in [0.15, 0.2) is 29.4 Å².